The van der Waals surface area contributed by atoms with Gasteiger partial charge in [-0.15, -0.1) is 0 Å². The normalized spacial score (nSPS) is 12.2. The van der Waals surface area contributed by atoms with Crippen molar-refractivity contribution in [1.82, 2.24) is 14.1 Å². The molecular weight excluding hydrogens is 250 g/mol. The van der Waals surface area contributed by atoms with Crippen molar-refractivity contribution in [3.63, 3.8) is 0 Å². The summed E-state index contributed by atoms with van der Waals surface area (Å²) in [4.78, 5) is 4.27. The topological polar surface area (TPSA) is 63.5 Å². The van der Waals surface area contributed by atoms with Gasteiger partial charge < -0.3 is 4.40 Å². The van der Waals surface area contributed by atoms with Gasteiger partial charge in [0, 0.05) is 19.2 Å². The molecule has 0 aliphatic carbocycles. The number of sulfonamides is 1. The summed E-state index contributed by atoms with van der Waals surface area (Å²) in [6.07, 6.45) is 2.53. The van der Waals surface area contributed by atoms with Gasteiger partial charge in [0.25, 0.3) is 10.0 Å². The highest BCUT2D eigenvalue weighted by molar-refractivity contribution is 7.89. The standard InChI is InChI=1S/C12H17N3O2S/c1-4-10-14-12(18(16,17)13-5-2)11-9(3)7-6-8-15(10)11/h6-8,13H,4-5H2,1-3H3. The first-order valence-corrected chi connectivity index (χ1v) is 7.45. The molecule has 98 valence electrons. The lowest BCUT2D eigenvalue weighted by Gasteiger charge is -2.03. The second kappa shape index (κ2) is 4.70. The van der Waals surface area contributed by atoms with Gasteiger partial charge in [-0.2, -0.15) is 0 Å². The largest absolute Gasteiger partial charge is 0.302 e. The molecule has 0 aromatic carbocycles. The molecule has 5 nitrogen and oxygen atoms in total. The summed E-state index contributed by atoms with van der Waals surface area (Å²) in [6, 6.07) is 3.79. The van der Waals surface area contributed by atoms with Crippen molar-refractivity contribution in [3.8, 4) is 0 Å². The van der Waals surface area contributed by atoms with E-state index in [0.29, 0.717) is 18.5 Å². The van der Waals surface area contributed by atoms with Crippen LogP contribution in [-0.2, 0) is 16.4 Å². The Morgan fingerprint density at radius 3 is 2.72 bits per heavy atom. The van der Waals surface area contributed by atoms with E-state index in [1.54, 1.807) is 6.92 Å². The van der Waals surface area contributed by atoms with Gasteiger partial charge in [-0.3, -0.25) is 0 Å². The van der Waals surface area contributed by atoms with Crippen LogP contribution in [0.15, 0.2) is 23.4 Å². The van der Waals surface area contributed by atoms with Crippen molar-refractivity contribution in [2.24, 2.45) is 0 Å². The van der Waals surface area contributed by atoms with E-state index in [1.807, 2.05) is 36.6 Å². The van der Waals surface area contributed by atoms with Crippen LogP contribution in [0.3, 0.4) is 0 Å². The molecule has 18 heavy (non-hydrogen) atoms. The Morgan fingerprint density at radius 1 is 1.39 bits per heavy atom. The SMILES string of the molecule is CCNS(=O)(=O)c1nc(CC)n2cccc(C)c12. The Kier molecular flexibility index (Phi) is 3.41. The fourth-order valence-corrected chi connectivity index (χ4v) is 3.28. The molecule has 0 radical (unpaired) electrons. The minimum atomic E-state index is -3.53. The molecule has 0 spiro atoms. The van der Waals surface area contributed by atoms with Gasteiger partial charge in [0.05, 0.1) is 5.52 Å². The predicted molar refractivity (Wildman–Crippen MR) is 70.2 cm³/mol. The van der Waals surface area contributed by atoms with E-state index in [1.165, 1.54) is 0 Å². The molecule has 0 saturated heterocycles. The molecule has 0 aliphatic rings. The summed E-state index contributed by atoms with van der Waals surface area (Å²) in [5.41, 5.74) is 1.57. The van der Waals surface area contributed by atoms with E-state index in [-0.39, 0.29) is 5.03 Å². The predicted octanol–water partition coefficient (Wildman–Crippen LogP) is 1.50. The number of aryl methyl sites for hydroxylation is 2. The maximum absolute atomic E-state index is 12.1. The summed E-state index contributed by atoms with van der Waals surface area (Å²) in [7, 11) is -3.53. The molecule has 0 aliphatic heterocycles. The van der Waals surface area contributed by atoms with Gasteiger partial charge in [0.1, 0.15) is 5.82 Å². The van der Waals surface area contributed by atoms with Crippen molar-refractivity contribution in [2.75, 3.05) is 6.54 Å². The summed E-state index contributed by atoms with van der Waals surface area (Å²) in [5, 5.41) is 0.124. The molecule has 6 heteroatoms. The van der Waals surface area contributed by atoms with Gasteiger partial charge in [0.2, 0.25) is 0 Å². The molecule has 0 atom stereocenters. The Labute approximate surface area is 107 Å². The second-order valence-electron chi connectivity index (χ2n) is 4.10. The van der Waals surface area contributed by atoms with Crippen molar-refractivity contribution in [2.45, 2.75) is 32.2 Å². The number of rotatable bonds is 4. The highest BCUT2D eigenvalue weighted by Crippen LogP contribution is 2.21. The number of fused-ring (bicyclic) bond motifs is 1. The lowest BCUT2D eigenvalue weighted by Crippen LogP contribution is -2.23. The fourth-order valence-electron chi connectivity index (χ4n) is 2.02. The van der Waals surface area contributed by atoms with E-state index < -0.39 is 10.0 Å². The molecule has 2 rings (SSSR count). The van der Waals surface area contributed by atoms with Crippen LogP contribution in [0, 0.1) is 6.92 Å². The first-order valence-electron chi connectivity index (χ1n) is 5.97. The zero-order valence-electron chi connectivity index (χ0n) is 10.8. The first-order chi connectivity index (χ1) is 8.51. The molecule has 2 aromatic rings. The summed E-state index contributed by atoms with van der Waals surface area (Å²) >= 11 is 0. The third-order valence-corrected chi connectivity index (χ3v) is 4.27. The van der Waals surface area contributed by atoms with Crippen LogP contribution in [-0.4, -0.2) is 24.3 Å². The number of nitrogens with zero attached hydrogens (tertiary/aromatic N) is 2. The fraction of sp³-hybridized carbons (Fsp3) is 0.417. The minimum Gasteiger partial charge on any atom is -0.302 e. The molecule has 2 heterocycles. The smallest absolute Gasteiger partial charge is 0.260 e. The monoisotopic (exact) mass is 267 g/mol. The highest BCUT2D eigenvalue weighted by atomic mass is 32.2. The van der Waals surface area contributed by atoms with Gasteiger partial charge in [-0.1, -0.05) is 19.9 Å². The summed E-state index contributed by atoms with van der Waals surface area (Å²) in [5.74, 6) is 0.755. The number of hydrogen-bond donors (Lipinski definition) is 1. The van der Waals surface area contributed by atoms with Crippen LogP contribution in [0.5, 0.6) is 0 Å². The Hall–Kier alpha value is -1.40. The number of nitrogens with one attached hydrogen (secondary N) is 1. The lowest BCUT2D eigenvalue weighted by molar-refractivity contribution is 0.581. The van der Waals surface area contributed by atoms with Crippen molar-refractivity contribution in [1.29, 1.82) is 0 Å². The van der Waals surface area contributed by atoms with E-state index in [2.05, 4.69) is 9.71 Å². The average molecular weight is 267 g/mol. The van der Waals surface area contributed by atoms with Crippen LogP contribution < -0.4 is 4.72 Å². The maximum Gasteiger partial charge on any atom is 0.260 e. The van der Waals surface area contributed by atoms with Crippen molar-refractivity contribution in [3.05, 3.63) is 29.7 Å². The Bertz CT molecular complexity index is 674. The molecular formula is C12H17N3O2S. The van der Waals surface area contributed by atoms with Crippen LogP contribution in [0.1, 0.15) is 25.2 Å². The quantitative estimate of drug-likeness (QED) is 0.913. The van der Waals surface area contributed by atoms with Crippen molar-refractivity contribution >= 4 is 15.5 Å². The Morgan fingerprint density at radius 2 is 2.11 bits per heavy atom. The van der Waals surface area contributed by atoms with Crippen LogP contribution in [0.2, 0.25) is 0 Å². The highest BCUT2D eigenvalue weighted by Gasteiger charge is 2.23. The lowest BCUT2D eigenvalue weighted by atomic mass is 10.2. The van der Waals surface area contributed by atoms with E-state index in [4.69, 9.17) is 0 Å². The van der Waals surface area contributed by atoms with E-state index in [0.717, 1.165) is 11.4 Å². The molecule has 0 saturated carbocycles. The second-order valence-corrected chi connectivity index (χ2v) is 5.78. The third-order valence-electron chi connectivity index (χ3n) is 2.81. The number of pyridine rings is 1. The number of hydrogen-bond acceptors (Lipinski definition) is 3. The van der Waals surface area contributed by atoms with Crippen LogP contribution in [0.4, 0.5) is 0 Å². The zero-order valence-corrected chi connectivity index (χ0v) is 11.6. The van der Waals surface area contributed by atoms with E-state index in [9.17, 15) is 8.42 Å². The summed E-state index contributed by atoms with van der Waals surface area (Å²) in [6.45, 7) is 5.96. The summed E-state index contributed by atoms with van der Waals surface area (Å²) < 4.78 is 28.6. The number of aromatic nitrogens is 2. The van der Waals surface area contributed by atoms with Crippen LogP contribution in [0.25, 0.3) is 5.52 Å². The number of imidazole rings is 1. The van der Waals surface area contributed by atoms with Gasteiger partial charge in [-0.25, -0.2) is 18.1 Å². The molecule has 0 unspecified atom stereocenters. The molecule has 0 bridgehead atoms. The first kappa shape index (κ1) is 13.0. The third kappa shape index (κ3) is 2.02. The molecule has 2 aromatic heterocycles. The van der Waals surface area contributed by atoms with Crippen LogP contribution >= 0.6 is 0 Å². The average Bonchev–Trinajstić information content (AvgIpc) is 2.70. The van der Waals surface area contributed by atoms with Gasteiger partial charge in [-0.05, 0) is 18.6 Å². The molecule has 0 fully saturated rings. The van der Waals surface area contributed by atoms with Gasteiger partial charge in [0.15, 0.2) is 5.03 Å². The maximum atomic E-state index is 12.1. The molecule has 0 amide bonds. The minimum absolute atomic E-state index is 0.124. The van der Waals surface area contributed by atoms with Gasteiger partial charge >= 0.3 is 0 Å². The molecule has 1 N–H and O–H groups in total. The van der Waals surface area contributed by atoms with Crippen molar-refractivity contribution < 1.29 is 8.42 Å². The zero-order chi connectivity index (χ0) is 13.3. The van der Waals surface area contributed by atoms with E-state index >= 15 is 0 Å². The Balaban J connectivity index is 2.80.